The third kappa shape index (κ3) is 3.64. The van der Waals surface area contributed by atoms with Gasteiger partial charge in [0.15, 0.2) is 0 Å². The lowest BCUT2D eigenvalue weighted by atomic mass is 9.87. The fourth-order valence-corrected chi connectivity index (χ4v) is 3.17. The molecule has 1 heterocycles. The van der Waals surface area contributed by atoms with E-state index < -0.39 is 0 Å². The Morgan fingerprint density at radius 2 is 1.74 bits per heavy atom. The predicted octanol–water partition coefficient (Wildman–Crippen LogP) is 4.51. The van der Waals surface area contributed by atoms with Crippen LogP contribution in [0.4, 0.5) is 0 Å². The first-order chi connectivity index (χ1) is 10.9. The number of para-hydroxylation sites is 1. The van der Waals surface area contributed by atoms with Crippen LogP contribution in [0.15, 0.2) is 58.2 Å². The van der Waals surface area contributed by atoms with Crippen molar-refractivity contribution in [3.05, 3.63) is 70.3 Å². The number of hydrogen-bond acceptors (Lipinski definition) is 3. The highest BCUT2D eigenvalue weighted by molar-refractivity contribution is 7.98. The Hall–Kier alpha value is -2.07. The third-order valence-corrected chi connectivity index (χ3v) is 4.78. The van der Waals surface area contributed by atoms with Crippen LogP contribution in [0, 0.1) is 0 Å². The quantitative estimate of drug-likeness (QED) is 0.721. The van der Waals surface area contributed by atoms with Crippen molar-refractivity contribution in [3.63, 3.8) is 0 Å². The lowest BCUT2D eigenvalue weighted by Crippen LogP contribution is -2.11. The fraction of sp³-hybridized carbons (Fsp3) is 0.263. The van der Waals surface area contributed by atoms with Crippen LogP contribution in [0.2, 0.25) is 0 Å². The number of nitrogens with one attached hydrogen (secondary N) is 1. The molecule has 2 aromatic carbocycles. The van der Waals surface area contributed by atoms with E-state index in [4.69, 9.17) is 0 Å². The Bertz CT molecular complexity index is 876. The van der Waals surface area contributed by atoms with Crippen molar-refractivity contribution in [2.75, 3.05) is 0 Å². The molecule has 0 saturated carbocycles. The van der Waals surface area contributed by atoms with E-state index in [0.29, 0.717) is 17.0 Å². The lowest BCUT2D eigenvalue weighted by Gasteiger charge is -2.19. The van der Waals surface area contributed by atoms with Gasteiger partial charge in [0.05, 0.1) is 16.7 Å². The summed E-state index contributed by atoms with van der Waals surface area (Å²) in [6.45, 7) is 6.62. The number of benzene rings is 2. The number of rotatable bonds is 3. The molecule has 1 N–H and O–H groups in total. The standard InChI is InChI=1S/C19H20N2OS/c1-19(2,3)13-8-10-14(11-9-13)23-12-17-20-16-7-5-4-6-15(16)18(22)21-17/h4-11H,12H2,1-3H3,(H,20,21,22). The molecule has 4 heteroatoms. The van der Waals surface area contributed by atoms with Gasteiger partial charge in [-0.3, -0.25) is 4.79 Å². The van der Waals surface area contributed by atoms with Gasteiger partial charge in [0, 0.05) is 4.90 Å². The van der Waals surface area contributed by atoms with Crippen LogP contribution in [0.5, 0.6) is 0 Å². The first-order valence-corrected chi connectivity index (χ1v) is 8.63. The number of H-pyrrole nitrogens is 1. The van der Waals surface area contributed by atoms with Gasteiger partial charge in [0.2, 0.25) is 0 Å². The second-order valence-electron chi connectivity index (χ2n) is 6.59. The molecule has 0 aliphatic carbocycles. The van der Waals surface area contributed by atoms with Crippen LogP contribution in [-0.4, -0.2) is 9.97 Å². The summed E-state index contributed by atoms with van der Waals surface area (Å²) in [7, 11) is 0. The molecule has 3 nitrogen and oxygen atoms in total. The zero-order valence-electron chi connectivity index (χ0n) is 13.6. The van der Waals surface area contributed by atoms with Gasteiger partial charge in [-0.05, 0) is 35.2 Å². The SMILES string of the molecule is CC(C)(C)c1ccc(SCc2nc3ccccc3c(=O)[nH]2)cc1. The molecule has 23 heavy (non-hydrogen) atoms. The number of fused-ring (bicyclic) bond motifs is 1. The Balaban J connectivity index is 1.77. The highest BCUT2D eigenvalue weighted by Crippen LogP contribution is 2.26. The van der Waals surface area contributed by atoms with Crippen molar-refractivity contribution in [3.8, 4) is 0 Å². The summed E-state index contributed by atoms with van der Waals surface area (Å²) in [5.74, 6) is 1.35. The van der Waals surface area contributed by atoms with Crippen LogP contribution in [0.1, 0.15) is 32.2 Å². The maximum Gasteiger partial charge on any atom is 0.258 e. The second kappa shape index (κ2) is 6.20. The summed E-state index contributed by atoms with van der Waals surface area (Å²) >= 11 is 1.68. The van der Waals surface area contributed by atoms with E-state index in [0.717, 1.165) is 5.52 Å². The zero-order chi connectivity index (χ0) is 16.4. The molecule has 118 valence electrons. The summed E-state index contributed by atoms with van der Waals surface area (Å²) in [5, 5.41) is 0.635. The van der Waals surface area contributed by atoms with Crippen LogP contribution < -0.4 is 5.56 Å². The van der Waals surface area contributed by atoms with E-state index >= 15 is 0 Å². The average molecular weight is 324 g/mol. The maximum absolute atomic E-state index is 12.1. The van der Waals surface area contributed by atoms with Crippen LogP contribution in [0.3, 0.4) is 0 Å². The zero-order valence-corrected chi connectivity index (χ0v) is 14.4. The Morgan fingerprint density at radius 3 is 2.43 bits per heavy atom. The molecule has 3 aromatic rings. The Labute approximate surface area is 140 Å². The molecular weight excluding hydrogens is 304 g/mol. The lowest BCUT2D eigenvalue weighted by molar-refractivity contribution is 0.590. The second-order valence-corrected chi connectivity index (χ2v) is 7.64. The first-order valence-electron chi connectivity index (χ1n) is 7.65. The van der Waals surface area contributed by atoms with Gasteiger partial charge in [0.1, 0.15) is 5.82 Å². The minimum Gasteiger partial charge on any atom is -0.309 e. The molecule has 0 fully saturated rings. The highest BCUT2D eigenvalue weighted by Gasteiger charge is 2.13. The van der Waals surface area contributed by atoms with E-state index in [9.17, 15) is 4.79 Å². The van der Waals surface area contributed by atoms with Gasteiger partial charge in [-0.1, -0.05) is 45.0 Å². The van der Waals surface area contributed by atoms with Crippen LogP contribution >= 0.6 is 11.8 Å². The first kappa shape index (κ1) is 15.8. The van der Waals surface area contributed by atoms with Gasteiger partial charge in [-0.15, -0.1) is 11.8 Å². The van der Waals surface area contributed by atoms with Crippen molar-refractivity contribution >= 4 is 22.7 Å². The maximum atomic E-state index is 12.1. The minimum absolute atomic E-state index is 0.0747. The molecule has 0 bridgehead atoms. The van der Waals surface area contributed by atoms with Crippen LogP contribution in [0.25, 0.3) is 10.9 Å². The van der Waals surface area contributed by atoms with Crippen LogP contribution in [-0.2, 0) is 11.2 Å². The van der Waals surface area contributed by atoms with E-state index in [1.807, 2.05) is 18.2 Å². The van der Waals surface area contributed by atoms with E-state index in [1.54, 1.807) is 17.8 Å². The third-order valence-electron chi connectivity index (χ3n) is 3.76. The van der Waals surface area contributed by atoms with Crippen molar-refractivity contribution in [1.82, 2.24) is 9.97 Å². The average Bonchev–Trinajstić information content (AvgIpc) is 2.52. The fourth-order valence-electron chi connectivity index (χ4n) is 2.41. The summed E-state index contributed by atoms with van der Waals surface area (Å²) < 4.78 is 0. The molecule has 3 rings (SSSR count). The summed E-state index contributed by atoms with van der Waals surface area (Å²) in [6, 6.07) is 16.0. The van der Waals surface area contributed by atoms with E-state index in [-0.39, 0.29) is 11.0 Å². The summed E-state index contributed by atoms with van der Waals surface area (Å²) in [6.07, 6.45) is 0. The van der Waals surface area contributed by atoms with Gasteiger partial charge in [-0.25, -0.2) is 4.98 Å². The molecule has 0 saturated heterocycles. The van der Waals surface area contributed by atoms with Gasteiger partial charge in [0.25, 0.3) is 5.56 Å². The number of thioether (sulfide) groups is 1. The smallest absolute Gasteiger partial charge is 0.258 e. The Kier molecular flexibility index (Phi) is 4.26. The number of hydrogen-bond donors (Lipinski definition) is 1. The monoisotopic (exact) mass is 324 g/mol. The number of aromatic amines is 1. The van der Waals surface area contributed by atoms with E-state index in [2.05, 4.69) is 55.0 Å². The summed E-state index contributed by atoms with van der Waals surface area (Å²) in [5.41, 5.74) is 2.15. The normalized spacial score (nSPS) is 11.8. The van der Waals surface area contributed by atoms with Gasteiger partial charge < -0.3 is 4.98 Å². The molecule has 0 amide bonds. The molecule has 1 aromatic heterocycles. The molecule has 0 unspecified atom stereocenters. The molecule has 0 atom stereocenters. The topological polar surface area (TPSA) is 45.8 Å². The summed E-state index contributed by atoms with van der Waals surface area (Å²) in [4.78, 5) is 20.6. The molecular formula is C19H20N2OS. The number of nitrogens with zero attached hydrogens (tertiary/aromatic N) is 1. The Morgan fingerprint density at radius 1 is 1.04 bits per heavy atom. The van der Waals surface area contributed by atoms with E-state index in [1.165, 1.54) is 10.5 Å². The number of aromatic nitrogens is 2. The van der Waals surface area contributed by atoms with Crippen molar-refractivity contribution in [1.29, 1.82) is 0 Å². The van der Waals surface area contributed by atoms with Gasteiger partial charge >= 0.3 is 0 Å². The molecule has 0 spiro atoms. The molecule has 0 aliphatic rings. The molecule has 0 radical (unpaired) electrons. The van der Waals surface area contributed by atoms with Crippen molar-refractivity contribution < 1.29 is 0 Å². The van der Waals surface area contributed by atoms with Crippen molar-refractivity contribution in [2.24, 2.45) is 0 Å². The minimum atomic E-state index is -0.0747. The largest absolute Gasteiger partial charge is 0.309 e. The van der Waals surface area contributed by atoms with Crippen molar-refractivity contribution in [2.45, 2.75) is 36.8 Å². The molecule has 0 aliphatic heterocycles. The highest BCUT2D eigenvalue weighted by atomic mass is 32.2. The van der Waals surface area contributed by atoms with Gasteiger partial charge in [-0.2, -0.15) is 0 Å². The predicted molar refractivity (Wildman–Crippen MR) is 97.1 cm³/mol.